The molecule has 0 fully saturated rings. The van der Waals surface area contributed by atoms with E-state index in [0.717, 1.165) is 5.76 Å². The number of likely N-dealkylation sites (N-methyl/N-ethyl adjacent to an activating group) is 1. The number of amides is 1. The zero-order chi connectivity index (χ0) is 18.2. The summed E-state index contributed by atoms with van der Waals surface area (Å²) < 4.78 is 11.0. The van der Waals surface area contributed by atoms with E-state index in [1.54, 1.807) is 24.5 Å². The molecule has 1 aromatic carbocycles. The van der Waals surface area contributed by atoms with Crippen LogP contribution in [0.1, 0.15) is 24.6 Å². The van der Waals surface area contributed by atoms with E-state index < -0.39 is 0 Å². The highest BCUT2D eigenvalue weighted by Crippen LogP contribution is 2.27. The molecule has 1 unspecified atom stereocenters. The minimum atomic E-state index is -0.0239. The smallest absolute Gasteiger partial charge is 0.220 e. The highest BCUT2D eigenvalue weighted by atomic mass is 35.5. The molecule has 1 atom stereocenters. The van der Waals surface area contributed by atoms with Crippen LogP contribution in [-0.4, -0.2) is 38.1 Å². The predicted molar refractivity (Wildman–Crippen MR) is 99.3 cm³/mol. The minimum absolute atomic E-state index is 0.00285. The summed E-state index contributed by atoms with van der Waals surface area (Å²) in [6.07, 6.45) is 2.61. The molecular weight excluding hydrogens is 363 g/mol. The third-order valence-corrected chi connectivity index (χ3v) is 4.22. The zero-order valence-electron chi connectivity index (χ0n) is 14.3. The van der Waals surface area contributed by atoms with Gasteiger partial charge in [-0.3, -0.25) is 9.69 Å². The summed E-state index contributed by atoms with van der Waals surface area (Å²) in [5, 5.41) is 3.95. The lowest BCUT2D eigenvalue weighted by Gasteiger charge is -2.22. The van der Waals surface area contributed by atoms with Crippen molar-refractivity contribution < 1.29 is 13.9 Å². The molecule has 0 radical (unpaired) electrons. The van der Waals surface area contributed by atoms with Crippen LogP contribution in [0.25, 0.3) is 0 Å². The second kappa shape index (κ2) is 9.70. The zero-order valence-corrected chi connectivity index (χ0v) is 15.8. The van der Waals surface area contributed by atoms with E-state index in [9.17, 15) is 4.79 Å². The van der Waals surface area contributed by atoms with Crippen LogP contribution >= 0.6 is 23.2 Å². The van der Waals surface area contributed by atoms with Crippen molar-refractivity contribution in [1.29, 1.82) is 0 Å². The van der Waals surface area contributed by atoms with Crippen molar-refractivity contribution in [2.24, 2.45) is 0 Å². The predicted octanol–water partition coefficient (Wildman–Crippen LogP) is 4.16. The van der Waals surface area contributed by atoms with Crippen LogP contribution in [0, 0.1) is 0 Å². The van der Waals surface area contributed by atoms with E-state index in [0.29, 0.717) is 41.8 Å². The van der Waals surface area contributed by atoms with E-state index >= 15 is 0 Å². The van der Waals surface area contributed by atoms with Gasteiger partial charge in [-0.2, -0.15) is 0 Å². The van der Waals surface area contributed by atoms with Crippen LogP contribution in [0.15, 0.2) is 41.0 Å². The third kappa shape index (κ3) is 6.27. The number of ether oxygens (including phenoxy) is 1. The fourth-order valence-electron chi connectivity index (χ4n) is 2.32. The Balaban J connectivity index is 1.70. The van der Waals surface area contributed by atoms with E-state index in [2.05, 4.69) is 5.32 Å². The molecule has 1 amide bonds. The summed E-state index contributed by atoms with van der Waals surface area (Å²) in [6.45, 7) is 0.896. The van der Waals surface area contributed by atoms with Gasteiger partial charge in [0.1, 0.15) is 11.5 Å². The fourth-order valence-corrected chi connectivity index (χ4v) is 2.79. The van der Waals surface area contributed by atoms with Crippen LogP contribution in [0.4, 0.5) is 0 Å². The number of nitrogens with one attached hydrogen (secondary N) is 1. The first-order valence-corrected chi connectivity index (χ1v) is 8.77. The fraction of sp³-hybridized carbons (Fsp3) is 0.389. The lowest BCUT2D eigenvalue weighted by molar-refractivity contribution is -0.121. The Hall–Kier alpha value is -1.69. The number of carbonyl (C=O) groups is 1. The standard InChI is InChI=1S/C18H22Cl2N2O3/c1-22(2)15(17-5-3-9-25-17)12-21-18(23)6-4-10-24-16-8-7-13(19)11-14(16)20/h3,5,7-9,11,15H,4,6,10,12H2,1-2H3,(H,21,23). The van der Waals surface area contributed by atoms with Crippen LogP contribution in [-0.2, 0) is 4.79 Å². The number of hydrogen-bond acceptors (Lipinski definition) is 4. The molecule has 136 valence electrons. The largest absolute Gasteiger partial charge is 0.492 e. The van der Waals surface area contributed by atoms with Crippen LogP contribution in [0.2, 0.25) is 10.0 Å². The average Bonchev–Trinajstić information content (AvgIpc) is 3.07. The van der Waals surface area contributed by atoms with E-state index in [-0.39, 0.29) is 11.9 Å². The monoisotopic (exact) mass is 384 g/mol. The molecule has 0 spiro atoms. The lowest BCUT2D eigenvalue weighted by Crippen LogP contribution is -2.34. The maximum Gasteiger partial charge on any atom is 0.220 e. The second-order valence-corrected chi connectivity index (χ2v) is 6.67. The quantitative estimate of drug-likeness (QED) is 0.659. The highest BCUT2D eigenvalue weighted by Gasteiger charge is 2.17. The van der Waals surface area contributed by atoms with Gasteiger partial charge in [-0.15, -0.1) is 0 Å². The van der Waals surface area contributed by atoms with Gasteiger partial charge in [0.05, 0.1) is 23.9 Å². The number of carbonyl (C=O) groups excluding carboxylic acids is 1. The topological polar surface area (TPSA) is 54.7 Å². The van der Waals surface area contributed by atoms with Gasteiger partial charge >= 0.3 is 0 Å². The Kier molecular flexibility index (Phi) is 7.62. The van der Waals surface area contributed by atoms with Crippen molar-refractivity contribution in [2.75, 3.05) is 27.2 Å². The minimum Gasteiger partial charge on any atom is -0.492 e. The van der Waals surface area contributed by atoms with Crippen molar-refractivity contribution >= 4 is 29.1 Å². The Labute approximate surface area is 157 Å². The molecule has 0 saturated carbocycles. The van der Waals surface area contributed by atoms with Crippen LogP contribution < -0.4 is 10.1 Å². The maximum atomic E-state index is 12.0. The number of furan rings is 1. The van der Waals surface area contributed by atoms with Crippen molar-refractivity contribution in [3.05, 3.63) is 52.4 Å². The lowest BCUT2D eigenvalue weighted by atomic mass is 10.2. The normalized spacial score (nSPS) is 12.2. The summed E-state index contributed by atoms with van der Waals surface area (Å²) in [7, 11) is 3.89. The van der Waals surface area contributed by atoms with E-state index in [4.69, 9.17) is 32.4 Å². The number of hydrogen-bond donors (Lipinski definition) is 1. The number of benzene rings is 1. The first kappa shape index (κ1) is 19.6. The summed E-state index contributed by atoms with van der Waals surface area (Å²) >= 11 is 11.9. The van der Waals surface area contributed by atoms with E-state index in [1.165, 1.54) is 0 Å². The van der Waals surface area contributed by atoms with Crippen molar-refractivity contribution in [2.45, 2.75) is 18.9 Å². The molecule has 2 aromatic rings. The maximum absolute atomic E-state index is 12.0. The number of nitrogens with zero attached hydrogens (tertiary/aromatic N) is 1. The Bertz CT molecular complexity index is 675. The Morgan fingerprint density at radius 2 is 2.12 bits per heavy atom. The van der Waals surface area contributed by atoms with Crippen molar-refractivity contribution in [3.8, 4) is 5.75 Å². The third-order valence-electron chi connectivity index (χ3n) is 3.69. The van der Waals surface area contributed by atoms with Crippen LogP contribution in [0.3, 0.4) is 0 Å². The van der Waals surface area contributed by atoms with Gasteiger partial charge in [-0.05, 0) is 50.8 Å². The first-order valence-electron chi connectivity index (χ1n) is 8.01. The Morgan fingerprint density at radius 3 is 2.76 bits per heavy atom. The summed E-state index contributed by atoms with van der Waals surface area (Å²) in [5.41, 5.74) is 0. The molecule has 0 aliphatic rings. The highest BCUT2D eigenvalue weighted by molar-refractivity contribution is 6.35. The summed E-state index contributed by atoms with van der Waals surface area (Å²) in [4.78, 5) is 14.0. The molecule has 5 nitrogen and oxygen atoms in total. The van der Waals surface area contributed by atoms with Crippen molar-refractivity contribution in [3.63, 3.8) is 0 Å². The van der Waals surface area contributed by atoms with E-state index in [1.807, 2.05) is 31.1 Å². The molecule has 0 bridgehead atoms. The van der Waals surface area contributed by atoms with Gasteiger partial charge in [-0.1, -0.05) is 23.2 Å². The first-order chi connectivity index (χ1) is 12.0. The molecule has 1 heterocycles. The molecule has 2 rings (SSSR count). The second-order valence-electron chi connectivity index (χ2n) is 5.83. The Morgan fingerprint density at radius 1 is 1.32 bits per heavy atom. The molecule has 0 aliphatic heterocycles. The SMILES string of the molecule is CN(C)C(CNC(=O)CCCOc1ccc(Cl)cc1Cl)c1ccco1. The molecule has 0 saturated heterocycles. The number of rotatable bonds is 9. The molecule has 7 heteroatoms. The molecule has 0 aliphatic carbocycles. The molecular formula is C18H22Cl2N2O3. The molecule has 25 heavy (non-hydrogen) atoms. The van der Waals surface area contributed by atoms with Gasteiger partial charge in [0.2, 0.25) is 5.91 Å². The molecule has 1 N–H and O–H groups in total. The van der Waals surface area contributed by atoms with Gasteiger partial charge in [-0.25, -0.2) is 0 Å². The van der Waals surface area contributed by atoms with Gasteiger partial charge in [0, 0.05) is 18.0 Å². The van der Waals surface area contributed by atoms with Gasteiger partial charge < -0.3 is 14.5 Å². The summed E-state index contributed by atoms with van der Waals surface area (Å²) in [5.74, 6) is 1.37. The van der Waals surface area contributed by atoms with Gasteiger partial charge in [0.25, 0.3) is 0 Å². The average molecular weight is 385 g/mol. The van der Waals surface area contributed by atoms with Gasteiger partial charge in [0.15, 0.2) is 0 Å². The number of halogens is 2. The van der Waals surface area contributed by atoms with Crippen molar-refractivity contribution in [1.82, 2.24) is 10.2 Å². The van der Waals surface area contributed by atoms with Crippen LogP contribution in [0.5, 0.6) is 5.75 Å². The molecule has 1 aromatic heterocycles. The summed E-state index contributed by atoms with van der Waals surface area (Å²) in [6, 6.07) is 8.80.